The van der Waals surface area contributed by atoms with Crippen LogP contribution < -0.4 is 5.73 Å². The maximum absolute atomic E-state index is 12.6. The Bertz CT molecular complexity index is 1240. The fourth-order valence-corrected chi connectivity index (χ4v) is 5.96. The Hall–Kier alpha value is -2.89. The summed E-state index contributed by atoms with van der Waals surface area (Å²) in [7, 11) is -4.47. The number of aliphatic hydroxyl groups excluding tert-OH is 2. The van der Waals surface area contributed by atoms with Gasteiger partial charge in [-0.3, -0.25) is 18.6 Å². The number of phosphoric ester groups is 1. The van der Waals surface area contributed by atoms with Crippen LogP contribution in [0.15, 0.2) is 85.1 Å². The van der Waals surface area contributed by atoms with Gasteiger partial charge in [0.15, 0.2) is 6.10 Å². The smallest absolute Gasteiger partial charge is 0.462 e. The summed E-state index contributed by atoms with van der Waals surface area (Å²) in [4.78, 5) is 34.9. The molecule has 0 amide bonds. The van der Waals surface area contributed by atoms with Gasteiger partial charge in [0, 0.05) is 19.4 Å². The van der Waals surface area contributed by atoms with E-state index in [9.17, 15) is 29.3 Å². The Labute approximate surface area is 344 Å². The second-order valence-corrected chi connectivity index (χ2v) is 15.2. The molecule has 57 heavy (non-hydrogen) atoms. The molecule has 5 N–H and O–H groups in total. The van der Waals surface area contributed by atoms with Gasteiger partial charge in [-0.25, -0.2) is 4.57 Å². The molecule has 0 spiro atoms. The summed E-state index contributed by atoms with van der Waals surface area (Å²) in [5, 5.41) is 20.7. The van der Waals surface area contributed by atoms with Crippen LogP contribution in [0.25, 0.3) is 0 Å². The van der Waals surface area contributed by atoms with Crippen LogP contribution in [0.4, 0.5) is 0 Å². The molecule has 0 fully saturated rings. The molecule has 0 rings (SSSR count). The first-order chi connectivity index (χ1) is 27.6. The summed E-state index contributed by atoms with van der Waals surface area (Å²) < 4.78 is 32.5. The average molecular weight is 822 g/mol. The summed E-state index contributed by atoms with van der Waals surface area (Å²) in [5.74, 6) is -1.15. The molecule has 0 aliphatic carbocycles. The van der Waals surface area contributed by atoms with Gasteiger partial charge in [0.2, 0.25) is 0 Å². The second kappa shape index (κ2) is 39.9. The number of hydrogen-bond donors (Lipinski definition) is 4. The van der Waals surface area contributed by atoms with Crippen molar-refractivity contribution in [2.24, 2.45) is 5.73 Å². The minimum atomic E-state index is -4.47. The van der Waals surface area contributed by atoms with Crippen LogP contribution in [0.5, 0.6) is 0 Å². The van der Waals surface area contributed by atoms with Gasteiger partial charge in [-0.15, -0.1) is 0 Å². The largest absolute Gasteiger partial charge is 0.472 e. The number of allylic oxidation sites excluding steroid dienone is 13. The molecule has 3 unspecified atom stereocenters. The van der Waals surface area contributed by atoms with Gasteiger partial charge in [0.1, 0.15) is 6.61 Å². The van der Waals surface area contributed by atoms with E-state index in [1.54, 1.807) is 0 Å². The van der Waals surface area contributed by atoms with E-state index in [1.165, 1.54) is 19.3 Å². The lowest BCUT2D eigenvalue weighted by molar-refractivity contribution is -0.161. The zero-order chi connectivity index (χ0) is 42.1. The lowest BCUT2D eigenvalue weighted by Gasteiger charge is -2.20. The zero-order valence-corrected chi connectivity index (χ0v) is 35.9. The van der Waals surface area contributed by atoms with Crippen molar-refractivity contribution < 1.29 is 47.8 Å². The highest BCUT2D eigenvalue weighted by Gasteiger charge is 2.26. The SMILES string of the molecule is CC/C=C\C/C=C\C/C=C\C/C=C\CCCCCCC(=O)OC[C@H](COP(=O)(O)OCCN)OC(=O)CCCC(O)C(O)C/C=C\C/C=C\C/C=C\CCCCC. The van der Waals surface area contributed by atoms with Crippen molar-refractivity contribution in [3.05, 3.63) is 85.1 Å². The molecule has 4 atom stereocenters. The maximum Gasteiger partial charge on any atom is 0.472 e. The number of hydrogen-bond acceptors (Lipinski definition) is 10. The Morgan fingerprint density at radius 3 is 1.72 bits per heavy atom. The van der Waals surface area contributed by atoms with Crippen molar-refractivity contribution >= 4 is 19.8 Å². The van der Waals surface area contributed by atoms with Gasteiger partial charge >= 0.3 is 19.8 Å². The highest BCUT2D eigenvalue weighted by Crippen LogP contribution is 2.43. The molecular formula is C45H76NO10P. The van der Waals surface area contributed by atoms with Gasteiger partial charge in [-0.05, 0) is 89.9 Å². The third-order valence-electron chi connectivity index (χ3n) is 8.47. The standard InChI is InChI=1S/C45H76NO10P/c1-3-5-7-9-11-13-15-17-18-19-20-21-23-25-27-29-31-35-44(49)53-39-41(40-55-57(51,52)54-38-37-46)56-45(50)36-32-34-43(48)42(47)33-30-28-26-24-22-16-14-12-10-8-6-4-2/h5,7,11-14,17-18,20-22,24,28,30,41-43,47-48H,3-4,6,8-10,15-16,19,23,25-27,29,31-40,46H2,1-2H3,(H,51,52)/b7-5-,13-11-,14-12-,18-17-,21-20-,24-22-,30-28-/t41-,42?,43?/m1/s1. The topological polar surface area (TPSA) is 175 Å². The van der Waals surface area contributed by atoms with Crippen molar-refractivity contribution in [2.75, 3.05) is 26.4 Å². The second-order valence-electron chi connectivity index (χ2n) is 13.8. The number of esters is 2. The summed E-state index contributed by atoms with van der Waals surface area (Å²) in [5.41, 5.74) is 5.33. The number of phosphoric acid groups is 1. The predicted molar refractivity (Wildman–Crippen MR) is 231 cm³/mol. The first kappa shape index (κ1) is 54.1. The number of aliphatic hydroxyl groups is 2. The Morgan fingerprint density at radius 1 is 0.614 bits per heavy atom. The van der Waals surface area contributed by atoms with Crippen molar-refractivity contribution in [2.45, 2.75) is 161 Å². The quantitative estimate of drug-likeness (QED) is 0.0202. The van der Waals surface area contributed by atoms with E-state index in [1.807, 2.05) is 12.2 Å². The van der Waals surface area contributed by atoms with E-state index < -0.39 is 44.7 Å². The summed E-state index contributed by atoms with van der Waals surface area (Å²) in [6.45, 7) is 3.19. The molecule has 326 valence electrons. The van der Waals surface area contributed by atoms with E-state index in [0.29, 0.717) is 6.42 Å². The first-order valence-electron chi connectivity index (χ1n) is 21.2. The number of carbonyl (C=O) groups excluding carboxylic acids is 2. The fourth-order valence-electron chi connectivity index (χ4n) is 5.20. The molecule has 0 aliphatic heterocycles. The Balaban J connectivity index is 4.48. The van der Waals surface area contributed by atoms with E-state index in [2.05, 4.69) is 86.8 Å². The van der Waals surface area contributed by atoms with E-state index in [4.69, 9.17) is 24.3 Å². The predicted octanol–water partition coefficient (Wildman–Crippen LogP) is 9.99. The van der Waals surface area contributed by atoms with Gasteiger partial charge in [-0.1, -0.05) is 125 Å². The summed E-state index contributed by atoms with van der Waals surface area (Å²) >= 11 is 0. The molecule has 11 nitrogen and oxygen atoms in total. The first-order valence-corrected chi connectivity index (χ1v) is 22.7. The number of ether oxygens (including phenoxy) is 2. The number of carbonyl (C=O) groups is 2. The van der Waals surface area contributed by atoms with Crippen LogP contribution in [0.1, 0.15) is 142 Å². The van der Waals surface area contributed by atoms with Crippen molar-refractivity contribution in [1.82, 2.24) is 0 Å². The average Bonchev–Trinajstić information content (AvgIpc) is 3.19. The van der Waals surface area contributed by atoms with Gasteiger partial charge in [-0.2, -0.15) is 0 Å². The normalized spacial score (nSPS) is 15.3. The summed E-state index contributed by atoms with van der Waals surface area (Å²) in [6.07, 6.45) is 42.1. The molecule has 0 saturated heterocycles. The molecule has 0 aromatic carbocycles. The lowest BCUT2D eigenvalue weighted by atomic mass is 10.0. The molecule has 0 heterocycles. The van der Waals surface area contributed by atoms with E-state index >= 15 is 0 Å². The van der Waals surface area contributed by atoms with Crippen LogP contribution in [0.2, 0.25) is 0 Å². The molecular weight excluding hydrogens is 745 g/mol. The maximum atomic E-state index is 12.6. The van der Waals surface area contributed by atoms with Gasteiger partial charge < -0.3 is 30.3 Å². The minimum absolute atomic E-state index is 0.0000856. The Morgan fingerprint density at radius 2 is 1.14 bits per heavy atom. The zero-order valence-electron chi connectivity index (χ0n) is 35.0. The number of unbranched alkanes of at least 4 members (excludes halogenated alkanes) is 7. The minimum Gasteiger partial charge on any atom is -0.462 e. The molecule has 0 radical (unpaired) electrons. The van der Waals surface area contributed by atoms with Crippen LogP contribution in [-0.2, 0) is 32.7 Å². The van der Waals surface area contributed by atoms with Crippen molar-refractivity contribution in [3.63, 3.8) is 0 Å². The highest BCUT2D eigenvalue weighted by molar-refractivity contribution is 7.47. The number of nitrogens with two attached hydrogens (primary N) is 1. The van der Waals surface area contributed by atoms with Crippen LogP contribution in [0, 0.1) is 0 Å². The van der Waals surface area contributed by atoms with E-state index in [0.717, 1.165) is 70.6 Å². The van der Waals surface area contributed by atoms with E-state index in [-0.39, 0.29) is 51.9 Å². The van der Waals surface area contributed by atoms with Crippen LogP contribution in [0.3, 0.4) is 0 Å². The summed E-state index contributed by atoms with van der Waals surface area (Å²) in [6, 6.07) is 0. The molecule has 0 aromatic rings. The fraction of sp³-hybridized carbons (Fsp3) is 0.644. The van der Waals surface area contributed by atoms with Gasteiger partial charge in [0.25, 0.3) is 0 Å². The molecule has 0 bridgehead atoms. The number of rotatable bonds is 38. The molecule has 0 saturated carbocycles. The van der Waals surface area contributed by atoms with Crippen LogP contribution in [-0.4, -0.2) is 71.7 Å². The molecule has 12 heteroatoms. The lowest BCUT2D eigenvalue weighted by Crippen LogP contribution is -2.30. The van der Waals surface area contributed by atoms with Crippen LogP contribution >= 0.6 is 7.82 Å². The van der Waals surface area contributed by atoms with Gasteiger partial charge in [0.05, 0.1) is 25.4 Å². The molecule has 0 aromatic heterocycles. The van der Waals surface area contributed by atoms with Crippen molar-refractivity contribution in [1.29, 1.82) is 0 Å². The molecule has 0 aliphatic rings. The Kier molecular flexibility index (Phi) is 37.9. The third kappa shape index (κ3) is 38.4. The van der Waals surface area contributed by atoms with Crippen molar-refractivity contribution in [3.8, 4) is 0 Å². The highest BCUT2D eigenvalue weighted by atomic mass is 31.2. The third-order valence-corrected chi connectivity index (χ3v) is 9.45. The monoisotopic (exact) mass is 822 g/mol.